The monoisotopic (exact) mass is 288 g/mol. The van der Waals surface area contributed by atoms with Crippen molar-refractivity contribution in [3.8, 4) is 0 Å². The van der Waals surface area contributed by atoms with Crippen LogP contribution in [-0.2, 0) is 24.6 Å². The number of rotatable bonds is 0. The van der Waals surface area contributed by atoms with Crippen molar-refractivity contribution < 1.29 is 40.6 Å². The first-order valence-corrected chi connectivity index (χ1v) is 0.928. The number of hydrogen-bond donors (Lipinski definition) is 1. The molecule has 0 atom stereocenters. The fraction of sp³-hybridized carbons (Fsp3) is 0.500. The quantitative estimate of drug-likeness (QED) is 0.582. The first-order valence-electron chi connectivity index (χ1n) is 0.928. The van der Waals surface area contributed by atoms with Crippen LogP contribution in [0.1, 0.15) is 6.92 Å². The van der Waals surface area contributed by atoms with Crippen molar-refractivity contribution in [2.24, 2.45) is 0 Å². The maximum atomic E-state index is 9.00. The van der Waals surface area contributed by atoms with Gasteiger partial charge in [0.2, 0.25) is 0 Å². The minimum atomic E-state index is -0.833. The van der Waals surface area contributed by atoms with Crippen LogP contribution in [0.3, 0.4) is 0 Å². The van der Waals surface area contributed by atoms with E-state index < -0.39 is 5.97 Å². The van der Waals surface area contributed by atoms with Crippen LogP contribution in [-0.4, -0.2) is 22.0 Å². The van der Waals surface area contributed by atoms with E-state index >= 15 is 0 Å². The van der Waals surface area contributed by atoms with Gasteiger partial charge in [0.1, 0.15) is 0 Å². The molecular formula is C2H8O4Os. The molecule has 0 aliphatic rings. The van der Waals surface area contributed by atoms with Gasteiger partial charge < -0.3 is 16.1 Å². The van der Waals surface area contributed by atoms with Gasteiger partial charge in [0, 0.05) is 26.7 Å². The van der Waals surface area contributed by atoms with Crippen molar-refractivity contribution in [2.45, 2.75) is 6.92 Å². The van der Waals surface area contributed by atoms with E-state index in [0.29, 0.717) is 0 Å². The standard InChI is InChI=1S/C2H4O2.2H2O.Os/c1-2(3)4;;;/h1H3,(H,3,4);2*1H2;. The molecule has 48 valence electrons. The Balaban J connectivity index is -0.0000000150. The molecule has 5 N–H and O–H groups in total. The number of hydrogen-bond acceptors (Lipinski definition) is 1. The maximum Gasteiger partial charge on any atom is 0.300 e. The van der Waals surface area contributed by atoms with E-state index in [4.69, 9.17) is 9.90 Å². The molecule has 0 aromatic rings. The van der Waals surface area contributed by atoms with Crippen LogP contribution >= 0.6 is 0 Å². The SMILES string of the molecule is CC(=O)O.O.O.[Os]. The van der Waals surface area contributed by atoms with E-state index in [9.17, 15) is 0 Å². The fourth-order valence-electron chi connectivity index (χ4n) is 0. The van der Waals surface area contributed by atoms with E-state index in [1.807, 2.05) is 0 Å². The number of carbonyl (C=O) groups is 1. The van der Waals surface area contributed by atoms with E-state index in [0.717, 1.165) is 6.92 Å². The van der Waals surface area contributed by atoms with Gasteiger partial charge in [0.15, 0.2) is 0 Å². The average molecular weight is 286 g/mol. The van der Waals surface area contributed by atoms with Crippen LogP contribution in [0.2, 0.25) is 0 Å². The van der Waals surface area contributed by atoms with Gasteiger partial charge in [-0.1, -0.05) is 0 Å². The Morgan fingerprint density at radius 2 is 1.43 bits per heavy atom. The molecule has 0 bridgehead atoms. The molecule has 0 unspecified atom stereocenters. The molecule has 0 radical (unpaired) electrons. The summed E-state index contributed by atoms with van der Waals surface area (Å²) in [5.41, 5.74) is 0. The minimum absolute atomic E-state index is 0. The van der Waals surface area contributed by atoms with Gasteiger partial charge in [0.05, 0.1) is 0 Å². The Morgan fingerprint density at radius 1 is 1.43 bits per heavy atom. The molecule has 0 aliphatic heterocycles. The molecule has 0 amide bonds. The summed E-state index contributed by atoms with van der Waals surface area (Å²) < 4.78 is 0. The summed E-state index contributed by atoms with van der Waals surface area (Å²) in [5, 5.41) is 7.42. The second-order valence-corrected chi connectivity index (χ2v) is 0.519. The zero-order valence-corrected chi connectivity index (χ0v) is 6.25. The molecule has 0 saturated carbocycles. The third kappa shape index (κ3) is 141000. The Morgan fingerprint density at radius 3 is 1.43 bits per heavy atom. The van der Waals surface area contributed by atoms with E-state index in [1.165, 1.54) is 0 Å². The Labute approximate surface area is 54.2 Å². The smallest absolute Gasteiger partial charge is 0.300 e. The first-order chi connectivity index (χ1) is 1.73. The van der Waals surface area contributed by atoms with Crippen molar-refractivity contribution in [1.29, 1.82) is 0 Å². The minimum Gasteiger partial charge on any atom is -0.481 e. The number of carboxylic acids is 1. The molecule has 7 heavy (non-hydrogen) atoms. The molecule has 0 saturated heterocycles. The van der Waals surface area contributed by atoms with Gasteiger partial charge in [0.25, 0.3) is 5.97 Å². The summed E-state index contributed by atoms with van der Waals surface area (Å²) in [4.78, 5) is 9.00. The number of aliphatic carboxylic acids is 1. The molecule has 0 spiro atoms. The van der Waals surface area contributed by atoms with Gasteiger partial charge in [-0.25, -0.2) is 0 Å². The Hall–Kier alpha value is 0.0264. The van der Waals surface area contributed by atoms with Crippen molar-refractivity contribution in [1.82, 2.24) is 0 Å². The van der Waals surface area contributed by atoms with Crippen LogP contribution < -0.4 is 0 Å². The first kappa shape index (κ1) is 27.9. The molecule has 4 nitrogen and oxygen atoms in total. The molecule has 0 aromatic carbocycles. The Bertz CT molecular complexity index is 32.7. The summed E-state index contributed by atoms with van der Waals surface area (Å²) in [6.07, 6.45) is 0. The van der Waals surface area contributed by atoms with Crippen molar-refractivity contribution in [2.75, 3.05) is 0 Å². The largest absolute Gasteiger partial charge is 0.481 e. The average Bonchev–Trinajstić information content (AvgIpc) is 0.811. The normalized spacial score (nSPS) is 3.57. The third-order valence-corrected chi connectivity index (χ3v) is 0. The zero-order valence-electron chi connectivity index (χ0n) is 3.71. The van der Waals surface area contributed by atoms with E-state index in [2.05, 4.69) is 0 Å². The second-order valence-electron chi connectivity index (χ2n) is 0.519. The maximum absolute atomic E-state index is 9.00. The molecule has 0 aliphatic carbocycles. The molecule has 0 rings (SSSR count). The van der Waals surface area contributed by atoms with Gasteiger partial charge in [-0.3, -0.25) is 4.79 Å². The predicted molar refractivity (Wildman–Crippen MR) is 20.5 cm³/mol. The molecule has 5 heteroatoms. The zero-order chi connectivity index (χ0) is 3.58. The molecule has 0 aromatic heterocycles. The van der Waals surface area contributed by atoms with Crippen molar-refractivity contribution >= 4 is 5.97 Å². The number of carboxylic acid groups (broad SMARTS) is 1. The van der Waals surface area contributed by atoms with Gasteiger partial charge >= 0.3 is 0 Å². The Kier molecular flexibility index (Phi) is 66.2. The molecule has 0 fully saturated rings. The predicted octanol–water partition coefficient (Wildman–Crippen LogP) is -1.56. The molecule has 0 heterocycles. The summed E-state index contributed by atoms with van der Waals surface area (Å²) in [7, 11) is 0. The summed E-state index contributed by atoms with van der Waals surface area (Å²) >= 11 is 0. The van der Waals surface area contributed by atoms with Crippen molar-refractivity contribution in [3.63, 3.8) is 0 Å². The van der Waals surface area contributed by atoms with Crippen LogP contribution in [0.4, 0.5) is 0 Å². The van der Waals surface area contributed by atoms with Crippen LogP contribution in [0.5, 0.6) is 0 Å². The van der Waals surface area contributed by atoms with Gasteiger partial charge in [-0.15, -0.1) is 0 Å². The summed E-state index contributed by atoms with van der Waals surface area (Å²) in [6.45, 7) is 1.08. The third-order valence-electron chi connectivity index (χ3n) is 0. The fourth-order valence-corrected chi connectivity index (χ4v) is 0. The van der Waals surface area contributed by atoms with E-state index in [-0.39, 0.29) is 30.7 Å². The van der Waals surface area contributed by atoms with Crippen LogP contribution in [0.15, 0.2) is 0 Å². The summed E-state index contributed by atoms with van der Waals surface area (Å²) in [5.74, 6) is -0.833. The van der Waals surface area contributed by atoms with Crippen molar-refractivity contribution in [3.05, 3.63) is 0 Å². The molecular weight excluding hydrogens is 278 g/mol. The topological polar surface area (TPSA) is 100 Å². The summed E-state index contributed by atoms with van der Waals surface area (Å²) in [6, 6.07) is 0. The van der Waals surface area contributed by atoms with E-state index in [1.54, 1.807) is 0 Å². The van der Waals surface area contributed by atoms with Gasteiger partial charge in [-0.2, -0.15) is 0 Å². The second kappa shape index (κ2) is 16.6. The van der Waals surface area contributed by atoms with Gasteiger partial charge in [-0.05, 0) is 0 Å². The van der Waals surface area contributed by atoms with Crippen LogP contribution in [0.25, 0.3) is 0 Å². The van der Waals surface area contributed by atoms with Crippen LogP contribution in [0, 0.1) is 0 Å².